The third-order valence-electron chi connectivity index (χ3n) is 4.15. The maximum absolute atomic E-state index is 12.2. The summed E-state index contributed by atoms with van der Waals surface area (Å²) in [6.07, 6.45) is 1.31. The largest absolute Gasteiger partial charge is 0.388 e. The fourth-order valence-corrected chi connectivity index (χ4v) is 3.01. The second-order valence-electron chi connectivity index (χ2n) is 6.33. The molecule has 6 nitrogen and oxygen atoms in total. The molecule has 0 bridgehead atoms. The summed E-state index contributed by atoms with van der Waals surface area (Å²) in [5, 5.41) is 10.6. The van der Waals surface area contributed by atoms with Gasteiger partial charge in [0.2, 0.25) is 0 Å². The Morgan fingerprint density at radius 2 is 1.95 bits per heavy atom. The molecule has 0 aromatic rings. The number of morpholine rings is 1. The van der Waals surface area contributed by atoms with Gasteiger partial charge in [-0.15, -0.1) is 0 Å². The highest BCUT2D eigenvalue weighted by Crippen LogP contribution is 2.25. The van der Waals surface area contributed by atoms with Gasteiger partial charge in [0.1, 0.15) is 0 Å². The second-order valence-corrected chi connectivity index (χ2v) is 6.33. The molecule has 0 spiro atoms. The van der Waals surface area contributed by atoms with Gasteiger partial charge in [0, 0.05) is 59.8 Å². The number of rotatable bonds is 3. The van der Waals surface area contributed by atoms with Crippen LogP contribution in [0.15, 0.2) is 0 Å². The Labute approximate surface area is 120 Å². The predicted octanol–water partition coefficient (Wildman–Crippen LogP) is -0.293. The van der Waals surface area contributed by atoms with E-state index >= 15 is 0 Å². The summed E-state index contributed by atoms with van der Waals surface area (Å²) in [6.45, 7) is 5.41. The summed E-state index contributed by atoms with van der Waals surface area (Å²) in [4.78, 5) is 15.9. The van der Waals surface area contributed by atoms with Gasteiger partial charge >= 0.3 is 0 Å². The van der Waals surface area contributed by atoms with Crippen LogP contribution in [-0.4, -0.2) is 85.6 Å². The van der Waals surface area contributed by atoms with E-state index < -0.39 is 11.2 Å². The summed E-state index contributed by atoms with van der Waals surface area (Å²) >= 11 is 0. The lowest BCUT2D eigenvalue weighted by Crippen LogP contribution is -2.60. The zero-order chi connectivity index (χ0) is 14.8. The van der Waals surface area contributed by atoms with Crippen molar-refractivity contribution >= 4 is 5.91 Å². The van der Waals surface area contributed by atoms with Crippen LogP contribution in [0.4, 0.5) is 0 Å². The number of ether oxygens (including phenoxy) is 2. The molecule has 1 unspecified atom stereocenters. The third-order valence-corrected chi connectivity index (χ3v) is 4.15. The van der Waals surface area contributed by atoms with Gasteiger partial charge in [-0.3, -0.25) is 9.69 Å². The maximum Gasteiger partial charge on any atom is 0.255 e. The van der Waals surface area contributed by atoms with Crippen molar-refractivity contribution in [3.05, 3.63) is 0 Å². The number of aliphatic hydroxyl groups is 1. The number of hydrogen-bond acceptors (Lipinski definition) is 5. The van der Waals surface area contributed by atoms with Gasteiger partial charge in [-0.2, -0.15) is 0 Å². The zero-order valence-electron chi connectivity index (χ0n) is 12.7. The minimum atomic E-state index is -0.816. The Balaban J connectivity index is 1.98. The quantitative estimate of drug-likeness (QED) is 0.772. The van der Waals surface area contributed by atoms with Crippen LogP contribution in [0.1, 0.15) is 19.8 Å². The molecule has 2 fully saturated rings. The van der Waals surface area contributed by atoms with Gasteiger partial charge in [0.25, 0.3) is 5.91 Å². The predicted molar refractivity (Wildman–Crippen MR) is 74.5 cm³/mol. The van der Waals surface area contributed by atoms with Crippen molar-refractivity contribution in [2.75, 3.05) is 53.6 Å². The Morgan fingerprint density at radius 1 is 1.30 bits per heavy atom. The smallest absolute Gasteiger partial charge is 0.255 e. The van der Waals surface area contributed by atoms with Crippen molar-refractivity contribution in [1.82, 2.24) is 9.80 Å². The molecule has 2 saturated heterocycles. The van der Waals surface area contributed by atoms with Gasteiger partial charge in [-0.1, -0.05) is 0 Å². The number of amides is 1. The van der Waals surface area contributed by atoms with Crippen LogP contribution in [0.3, 0.4) is 0 Å². The van der Waals surface area contributed by atoms with E-state index in [-0.39, 0.29) is 5.91 Å². The average molecular weight is 286 g/mol. The van der Waals surface area contributed by atoms with Crippen LogP contribution in [0, 0.1) is 0 Å². The molecule has 2 aliphatic rings. The van der Waals surface area contributed by atoms with Crippen molar-refractivity contribution in [3.63, 3.8) is 0 Å². The molecule has 0 aliphatic carbocycles. The minimum absolute atomic E-state index is 0.0267. The summed E-state index contributed by atoms with van der Waals surface area (Å²) in [5.74, 6) is -0.0267. The van der Waals surface area contributed by atoms with Crippen molar-refractivity contribution in [1.29, 1.82) is 0 Å². The lowest BCUT2D eigenvalue weighted by molar-refractivity contribution is -0.170. The molecule has 0 aromatic carbocycles. The maximum atomic E-state index is 12.2. The highest BCUT2D eigenvalue weighted by molar-refractivity contribution is 5.84. The lowest BCUT2D eigenvalue weighted by atomic mass is 9.92. The van der Waals surface area contributed by atoms with Gasteiger partial charge in [0.05, 0.1) is 12.2 Å². The van der Waals surface area contributed by atoms with E-state index in [9.17, 15) is 9.90 Å². The standard InChI is InChI=1S/C14H26N2O4/c1-13(12(17)15(2)3)10-16(6-9-20-13)11-14(18)4-7-19-8-5-14/h18H,4-11H2,1-3H3. The van der Waals surface area contributed by atoms with Crippen LogP contribution < -0.4 is 0 Å². The Kier molecular flexibility index (Phi) is 4.69. The molecule has 6 heteroatoms. The number of carbonyl (C=O) groups is 1. The first kappa shape index (κ1) is 15.7. The Bertz CT molecular complexity index is 355. The monoisotopic (exact) mass is 286 g/mol. The van der Waals surface area contributed by atoms with Gasteiger partial charge in [-0.25, -0.2) is 0 Å². The molecule has 0 saturated carbocycles. The van der Waals surface area contributed by atoms with Gasteiger partial charge < -0.3 is 19.5 Å². The molecule has 1 atom stereocenters. The fourth-order valence-electron chi connectivity index (χ4n) is 3.01. The zero-order valence-corrected chi connectivity index (χ0v) is 12.7. The first-order valence-corrected chi connectivity index (χ1v) is 7.23. The molecule has 2 heterocycles. The van der Waals surface area contributed by atoms with Gasteiger partial charge in [-0.05, 0) is 6.92 Å². The average Bonchev–Trinajstić information content (AvgIpc) is 2.38. The molecule has 0 aromatic heterocycles. The molecule has 116 valence electrons. The molecule has 20 heavy (non-hydrogen) atoms. The molecule has 2 aliphatic heterocycles. The molecular weight excluding hydrogens is 260 g/mol. The summed E-state index contributed by atoms with van der Waals surface area (Å²) in [7, 11) is 3.48. The summed E-state index contributed by atoms with van der Waals surface area (Å²) in [6, 6.07) is 0. The van der Waals surface area contributed by atoms with E-state index in [0.29, 0.717) is 45.8 Å². The molecular formula is C14H26N2O4. The minimum Gasteiger partial charge on any atom is -0.388 e. The van der Waals surface area contributed by atoms with Crippen LogP contribution in [-0.2, 0) is 14.3 Å². The van der Waals surface area contributed by atoms with Crippen LogP contribution in [0.25, 0.3) is 0 Å². The summed E-state index contributed by atoms with van der Waals surface area (Å²) in [5.41, 5.74) is -1.51. The topological polar surface area (TPSA) is 62.2 Å². The van der Waals surface area contributed by atoms with E-state index in [2.05, 4.69) is 4.90 Å². The van der Waals surface area contributed by atoms with Gasteiger partial charge in [0.15, 0.2) is 5.60 Å². The number of carbonyl (C=O) groups excluding carboxylic acids is 1. The van der Waals surface area contributed by atoms with Crippen molar-refractivity contribution in [3.8, 4) is 0 Å². The highest BCUT2D eigenvalue weighted by atomic mass is 16.5. The van der Waals surface area contributed by atoms with Crippen molar-refractivity contribution in [2.24, 2.45) is 0 Å². The first-order valence-electron chi connectivity index (χ1n) is 7.23. The number of nitrogens with zero attached hydrogens (tertiary/aromatic N) is 2. The van der Waals surface area contributed by atoms with Crippen LogP contribution in [0.2, 0.25) is 0 Å². The molecule has 2 rings (SSSR count). The third kappa shape index (κ3) is 3.49. The van der Waals surface area contributed by atoms with Crippen LogP contribution >= 0.6 is 0 Å². The van der Waals surface area contributed by atoms with E-state index in [1.807, 2.05) is 6.92 Å². The fraction of sp³-hybridized carbons (Fsp3) is 0.929. The van der Waals surface area contributed by atoms with E-state index in [4.69, 9.17) is 9.47 Å². The first-order chi connectivity index (χ1) is 9.35. The lowest BCUT2D eigenvalue weighted by Gasteiger charge is -2.44. The second kappa shape index (κ2) is 5.97. The number of β-amino-alcohol motifs (C(OH)–C–C–N with tert-alkyl or cyclic N) is 1. The molecule has 1 amide bonds. The van der Waals surface area contributed by atoms with Crippen LogP contribution in [0.5, 0.6) is 0 Å². The molecule has 0 radical (unpaired) electrons. The van der Waals surface area contributed by atoms with E-state index in [0.717, 1.165) is 6.54 Å². The Hall–Kier alpha value is -0.690. The highest BCUT2D eigenvalue weighted by Gasteiger charge is 2.42. The summed E-state index contributed by atoms with van der Waals surface area (Å²) < 4.78 is 11.0. The normalized spacial score (nSPS) is 31.0. The number of hydrogen-bond donors (Lipinski definition) is 1. The van der Waals surface area contributed by atoms with Crippen molar-refractivity contribution in [2.45, 2.75) is 31.0 Å². The SMILES string of the molecule is CN(C)C(=O)C1(C)CN(CC2(O)CCOCC2)CCO1. The van der Waals surface area contributed by atoms with E-state index in [1.54, 1.807) is 19.0 Å². The molecule has 1 N–H and O–H groups in total. The van der Waals surface area contributed by atoms with E-state index in [1.165, 1.54) is 0 Å². The number of likely N-dealkylation sites (N-methyl/N-ethyl adjacent to an activating group) is 1. The van der Waals surface area contributed by atoms with Crippen molar-refractivity contribution < 1.29 is 19.4 Å². The Morgan fingerprint density at radius 3 is 2.55 bits per heavy atom.